The molecule has 1 aromatic heterocycles. The van der Waals surface area contributed by atoms with Crippen LogP contribution in [-0.4, -0.2) is 5.91 Å². The number of halogens is 1. The van der Waals surface area contributed by atoms with Gasteiger partial charge in [0.25, 0.3) is 5.91 Å². The minimum absolute atomic E-state index is 0.101. The van der Waals surface area contributed by atoms with Crippen LogP contribution >= 0.6 is 22.9 Å². The van der Waals surface area contributed by atoms with E-state index in [1.54, 1.807) is 35.6 Å². The van der Waals surface area contributed by atoms with Gasteiger partial charge in [-0.25, -0.2) is 0 Å². The van der Waals surface area contributed by atoms with Crippen LogP contribution in [0.4, 0.5) is 0 Å². The average Bonchev–Trinajstić information content (AvgIpc) is 2.78. The van der Waals surface area contributed by atoms with E-state index in [1.165, 1.54) is 0 Å². The Bertz CT molecular complexity index is 482. The molecule has 0 aliphatic carbocycles. The molecule has 82 valence electrons. The molecule has 0 spiro atoms. The van der Waals surface area contributed by atoms with Crippen molar-refractivity contribution in [2.45, 2.75) is 6.54 Å². The molecule has 0 aliphatic heterocycles. The van der Waals surface area contributed by atoms with Crippen molar-refractivity contribution in [3.8, 4) is 0 Å². The Morgan fingerprint density at radius 2 is 2.19 bits per heavy atom. The van der Waals surface area contributed by atoms with Crippen molar-refractivity contribution in [2.24, 2.45) is 0 Å². The summed E-state index contributed by atoms with van der Waals surface area (Å²) < 4.78 is 0. The smallest absolute Gasteiger partial charge is 0.251 e. The number of carbonyl (C=O) groups excluding carboxylic acids is 1. The summed E-state index contributed by atoms with van der Waals surface area (Å²) in [6, 6.07) is 10.9. The molecule has 1 heterocycles. The van der Waals surface area contributed by atoms with Gasteiger partial charge in [-0.05, 0) is 29.6 Å². The van der Waals surface area contributed by atoms with Gasteiger partial charge in [0, 0.05) is 15.5 Å². The second-order valence-corrected chi connectivity index (χ2v) is 4.74. The molecular weight excluding hydrogens is 242 g/mol. The lowest BCUT2D eigenvalue weighted by atomic mass is 10.2. The SMILES string of the molecule is O=C(NCc1cccs1)c1cccc(Cl)c1. The number of rotatable bonds is 3. The van der Waals surface area contributed by atoms with Crippen LogP contribution in [0.2, 0.25) is 5.02 Å². The molecule has 2 rings (SSSR count). The Hall–Kier alpha value is -1.32. The Morgan fingerprint density at radius 1 is 1.31 bits per heavy atom. The maximum atomic E-state index is 11.7. The summed E-state index contributed by atoms with van der Waals surface area (Å²) in [6.45, 7) is 0.559. The summed E-state index contributed by atoms with van der Waals surface area (Å²) in [5, 5.41) is 5.40. The number of thiophene rings is 1. The van der Waals surface area contributed by atoms with E-state index in [1.807, 2.05) is 17.5 Å². The molecule has 1 amide bonds. The maximum absolute atomic E-state index is 11.7. The van der Waals surface area contributed by atoms with Crippen LogP contribution in [0.1, 0.15) is 15.2 Å². The van der Waals surface area contributed by atoms with E-state index in [4.69, 9.17) is 11.6 Å². The molecule has 1 aromatic carbocycles. The second-order valence-electron chi connectivity index (χ2n) is 3.27. The zero-order valence-electron chi connectivity index (χ0n) is 8.44. The van der Waals surface area contributed by atoms with Crippen molar-refractivity contribution in [2.75, 3.05) is 0 Å². The number of carbonyl (C=O) groups is 1. The Kier molecular flexibility index (Phi) is 3.59. The number of hydrogen-bond donors (Lipinski definition) is 1. The summed E-state index contributed by atoms with van der Waals surface area (Å²) in [5.74, 6) is -0.101. The van der Waals surface area contributed by atoms with Crippen LogP contribution in [0, 0.1) is 0 Å². The topological polar surface area (TPSA) is 29.1 Å². The zero-order valence-corrected chi connectivity index (χ0v) is 10.0. The van der Waals surface area contributed by atoms with Gasteiger partial charge in [0.05, 0.1) is 6.54 Å². The lowest BCUT2D eigenvalue weighted by Gasteiger charge is -2.03. The summed E-state index contributed by atoms with van der Waals surface area (Å²) >= 11 is 7.43. The molecule has 0 aliphatic rings. The zero-order chi connectivity index (χ0) is 11.4. The van der Waals surface area contributed by atoms with Crippen molar-refractivity contribution in [3.05, 3.63) is 57.2 Å². The molecule has 0 bridgehead atoms. The highest BCUT2D eigenvalue weighted by Gasteiger charge is 2.05. The summed E-state index contributed by atoms with van der Waals surface area (Å²) in [7, 11) is 0. The first-order chi connectivity index (χ1) is 7.75. The molecule has 0 fully saturated rings. The minimum atomic E-state index is -0.101. The Labute approximate surface area is 103 Å². The van der Waals surface area contributed by atoms with Crippen molar-refractivity contribution in [1.82, 2.24) is 5.32 Å². The molecular formula is C12H10ClNOS. The van der Waals surface area contributed by atoms with E-state index in [0.29, 0.717) is 17.1 Å². The van der Waals surface area contributed by atoms with Gasteiger partial charge >= 0.3 is 0 Å². The largest absolute Gasteiger partial charge is 0.347 e. The van der Waals surface area contributed by atoms with Gasteiger partial charge in [-0.2, -0.15) is 0 Å². The van der Waals surface area contributed by atoms with Gasteiger partial charge in [-0.1, -0.05) is 23.7 Å². The third kappa shape index (κ3) is 2.84. The van der Waals surface area contributed by atoms with Crippen LogP contribution in [-0.2, 0) is 6.54 Å². The van der Waals surface area contributed by atoms with Gasteiger partial charge < -0.3 is 5.32 Å². The first-order valence-electron chi connectivity index (χ1n) is 4.82. The van der Waals surface area contributed by atoms with Gasteiger partial charge in [0.1, 0.15) is 0 Å². The minimum Gasteiger partial charge on any atom is -0.347 e. The van der Waals surface area contributed by atoms with Crippen LogP contribution < -0.4 is 5.32 Å². The first-order valence-corrected chi connectivity index (χ1v) is 6.07. The fourth-order valence-corrected chi connectivity index (χ4v) is 2.15. The molecule has 0 atom stereocenters. The molecule has 0 radical (unpaired) electrons. The average molecular weight is 252 g/mol. The van der Waals surface area contributed by atoms with Crippen LogP contribution in [0.5, 0.6) is 0 Å². The van der Waals surface area contributed by atoms with Crippen molar-refractivity contribution in [3.63, 3.8) is 0 Å². The Balaban J connectivity index is 1.98. The molecule has 0 unspecified atom stereocenters. The summed E-state index contributed by atoms with van der Waals surface area (Å²) in [5.41, 5.74) is 0.587. The van der Waals surface area contributed by atoms with E-state index in [-0.39, 0.29) is 5.91 Å². The monoisotopic (exact) mass is 251 g/mol. The molecule has 2 aromatic rings. The van der Waals surface area contributed by atoms with Crippen LogP contribution in [0.25, 0.3) is 0 Å². The van der Waals surface area contributed by atoms with E-state index < -0.39 is 0 Å². The highest BCUT2D eigenvalue weighted by atomic mass is 35.5. The highest BCUT2D eigenvalue weighted by molar-refractivity contribution is 7.09. The lowest BCUT2D eigenvalue weighted by molar-refractivity contribution is 0.0951. The van der Waals surface area contributed by atoms with Gasteiger partial charge in [0.15, 0.2) is 0 Å². The lowest BCUT2D eigenvalue weighted by Crippen LogP contribution is -2.22. The summed E-state index contributed by atoms with van der Waals surface area (Å²) in [4.78, 5) is 12.9. The molecule has 1 N–H and O–H groups in total. The summed E-state index contributed by atoms with van der Waals surface area (Å²) in [6.07, 6.45) is 0. The Morgan fingerprint density at radius 3 is 2.88 bits per heavy atom. The third-order valence-electron chi connectivity index (χ3n) is 2.09. The van der Waals surface area contributed by atoms with Gasteiger partial charge in [-0.3, -0.25) is 4.79 Å². The van der Waals surface area contributed by atoms with Crippen molar-refractivity contribution in [1.29, 1.82) is 0 Å². The third-order valence-corrected chi connectivity index (χ3v) is 3.20. The number of amides is 1. The van der Waals surface area contributed by atoms with E-state index in [0.717, 1.165) is 4.88 Å². The van der Waals surface area contributed by atoms with E-state index >= 15 is 0 Å². The van der Waals surface area contributed by atoms with Crippen molar-refractivity contribution >= 4 is 28.8 Å². The molecule has 0 saturated heterocycles. The van der Waals surface area contributed by atoms with Crippen LogP contribution in [0.15, 0.2) is 41.8 Å². The van der Waals surface area contributed by atoms with Gasteiger partial charge in [-0.15, -0.1) is 11.3 Å². The first kappa shape index (κ1) is 11.2. The number of nitrogens with one attached hydrogen (secondary N) is 1. The molecule has 16 heavy (non-hydrogen) atoms. The van der Waals surface area contributed by atoms with Crippen molar-refractivity contribution < 1.29 is 4.79 Å². The number of hydrogen-bond acceptors (Lipinski definition) is 2. The van der Waals surface area contributed by atoms with Gasteiger partial charge in [0.2, 0.25) is 0 Å². The standard InChI is InChI=1S/C12H10ClNOS/c13-10-4-1-3-9(7-10)12(15)14-8-11-5-2-6-16-11/h1-7H,8H2,(H,14,15). The highest BCUT2D eigenvalue weighted by Crippen LogP contribution is 2.11. The maximum Gasteiger partial charge on any atom is 0.251 e. The number of benzene rings is 1. The fourth-order valence-electron chi connectivity index (χ4n) is 1.31. The predicted octanol–water partition coefficient (Wildman–Crippen LogP) is 3.33. The van der Waals surface area contributed by atoms with Crippen LogP contribution in [0.3, 0.4) is 0 Å². The quantitative estimate of drug-likeness (QED) is 0.891. The van der Waals surface area contributed by atoms with E-state index in [9.17, 15) is 4.79 Å². The molecule has 4 heteroatoms. The normalized spacial score (nSPS) is 10.1. The second kappa shape index (κ2) is 5.14. The molecule has 0 saturated carbocycles. The fraction of sp³-hybridized carbons (Fsp3) is 0.0833. The predicted molar refractivity (Wildman–Crippen MR) is 66.9 cm³/mol. The molecule has 2 nitrogen and oxygen atoms in total. The van der Waals surface area contributed by atoms with E-state index in [2.05, 4.69) is 5.32 Å².